The van der Waals surface area contributed by atoms with Crippen LogP contribution in [0.5, 0.6) is 0 Å². The fourth-order valence-corrected chi connectivity index (χ4v) is 2.94. The highest BCUT2D eigenvalue weighted by atomic mass is 32.1. The number of hydrogen-bond donors (Lipinski definition) is 2. The van der Waals surface area contributed by atoms with Crippen LogP contribution in [0.15, 0.2) is 5.38 Å². The number of hydrogen-bond acceptors (Lipinski definition) is 5. The third kappa shape index (κ3) is 2.71. The van der Waals surface area contributed by atoms with Crippen LogP contribution in [-0.4, -0.2) is 39.6 Å². The summed E-state index contributed by atoms with van der Waals surface area (Å²) in [7, 11) is 0. The van der Waals surface area contributed by atoms with Crippen molar-refractivity contribution in [2.45, 2.75) is 38.3 Å². The summed E-state index contributed by atoms with van der Waals surface area (Å²) in [6.07, 6.45) is 0.503. The molecule has 0 aromatic carbocycles. The predicted octanol–water partition coefficient (Wildman–Crippen LogP) is 1.25. The molecule has 3 N–H and O–H groups in total. The van der Waals surface area contributed by atoms with E-state index in [0.29, 0.717) is 25.4 Å². The molecule has 0 radical (unpaired) electrons. The first-order valence-electron chi connectivity index (χ1n) is 6.09. The van der Waals surface area contributed by atoms with Gasteiger partial charge < -0.3 is 10.8 Å². The van der Waals surface area contributed by atoms with Crippen LogP contribution in [0.2, 0.25) is 0 Å². The van der Waals surface area contributed by atoms with Crippen LogP contribution in [0.1, 0.15) is 36.9 Å². The minimum absolute atomic E-state index is 0.400. The van der Waals surface area contributed by atoms with Gasteiger partial charge in [-0.1, -0.05) is 13.8 Å². The fraction of sp³-hybridized carbons (Fsp3) is 0.667. The van der Waals surface area contributed by atoms with Crippen LogP contribution in [-0.2, 0) is 11.3 Å². The summed E-state index contributed by atoms with van der Waals surface area (Å²) in [4.78, 5) is 17.7. The number of aromatic nitrogens is 1. The zero-order valence-corrected chi connectivity index (χ0v) is 11.5. The van der Waals surface area contributed by atoms with Crippen molar-refractivity contribution in [3.05, 3.63) is 16.1 Å². The average molecular weight is 269 g/mol. The van der Waals surface area contributed by atoms with Crippen LogP contribution in [0, 0.1) is 0 Å². The first-order chi connectivity index (χ1) is 8.40. The molecule has 18 heavy (non-hydrogen) atoms. The molecule has 5 nitrogen and oxygen atoms in total. The molecular weight excluding hydrogens is 250 g/mol. The van der Waals surface area contributed by atoms with Crippen molar-refractivity contribution in [1.82, 2.24) is 9.88 Å². The van der Waals surface area contributed by atoms with Crippen molar-refractivity contribution >= 4 is 17.3 Å². The van der Waals surface area contributed by atoms with Crippen molar-refractivity contribution in [2.75, 3.05) is 13.1 Å². The van der Waals surface area contributed by atoms with Gasteiger partial charge in [0.05, 0.1) is 10.7 Å². The second-order valence-corrected chi connectivity index (χ2v) is 6.14. The van der Waals surface area contributed by atoms with Gasteiger partial charge in [0.25, 0.3) is 0 Å². The normalized spacial score (nSPS) is 24.9. The highest BCUT2D eigenvalue weighted by Gasteiger charge is 2.41. The van der Waals surface area contributed by atoms with Crippen molar-refractivity contribution < 1.29 is 9.90 Å². The van der Waals surface area contributed by atoms with E-state index in [1.807, 2.05) is 5.38 Å². The largest absolute Gasteiger partial charge is 0.480 e. The van der Waals surface area contributed by atoms with Crippen LogP contribution in [0.3, 0.4) is 0 Å². The number of likely N-dealkylation sites (tertiary alicyclic amines) is 1. The Morgan fingerprint density at radius 3 is 2.94 bits per heavy atom. The quantitative estimate of drug-likeness (QED) is 0.860. The second-order valence-electron chi connectivity index (χ2n) is 5.25. The molecule has 0 amide bonds. The Morgan fingerprint density at radius 1 is 1.72 bits per heavy atom. The number of thiazole rings is 1. The van der Waals surface area contributed by atoms with Crippen LogP contribution in [0.4, 0.5) is 0 Å². The van der Waals surface area contributed by atoms with E-state index in [4.69, 9.17) is 10.8 Å². The molecular formula is C12H19N3O2S. The molecule has 0 bridgehead atoms. The number of aliphatic carboxylic acids is 1. The van der Waals surface area contributed by atoms with E-state index in [0.717, 1.165) is 17.2 Å². The number of nitrogens with zero attached hydrogens (tertiary/aromatic N) is 2. The second kappa shape index (κ2) is 4.95. The number of rotatable bonds is 4. The lowest BCUT2D eigenvalue weighted by atomic mass is 10.0. The minimum Gasteiger partial charge on any atom is -0.480 e. The van der Waals surface area contributed by atoms with Gasteiger partial charge in [-0.3, -0.25) is 9.69 Å². The Labute approximate surface area is 111 Å². The molecule has 1 atom stereocenters. The minimum atomic E-state index is -1.09. The molecule has 100 valence electrons. The molecule has 1 fully saturated rings. The molecule has 2 rings (SSSR count). The number of nitrogens with two attached hydrogens (primary N) is 1. The maximum absolute atomic E-state index is 11.0. The Hall–Kier alpha value is -0.980. The van der Waals surface area contributed by atoms with Crippen LogP contribution in [0.25, 0.3) is 0 Å². The third-order valence-electron chi connectivity index (χ3n) is 3.25. The summed E-state index contributed by atoms with van der Waals surface area (Å²) >= 11 is 1.66. The average Bonchev–Trinajstić information content (AvgIpc) is 2.87. The maximum Gasteiger partial charge on any atom is 0.325 e. The fourth-order valence-electron chi connectivity index (χ4n) is 2.11. The number of carbonyl (C=O) groups is 1. The van der Waals surface area contributed by atoms with Crippen molar-refractivity contribution in [2.24, 2.45) is 5.73 Å². The molecule has 1 saturated heterocycles. The molecule has 0 saturated carbocycles. The molecule has 1 aromatic heterocycles. The van der Waals surface area contributed by atoms with Gasteiger partial charge in [-0.25, -0.2) is 4.98 Å². The molecule has 1 aliphatic rings. The van der Waals surface area contributed by atoms with Gasteiger partial charge >= 0.3 is 5.97 Å². The highest BCUT2D eigenvalue weighted by Crippen LogP contribution is 2.23. The Balaban J connectivity index is 1.97. The topological polar surface area (TPSA) is 79.5 Å². The summed E-state index contributed by atoms with van der Waals surface area (Å²) in [5.74, 6) is -0.471. The molecule has 0 spiro atoms. The lowest BCUT2D eigenvalue weighted by Gasteiger charge is -2.19. The van der Waals surface area contributed by atoms with Crippen LogP contribution >= 0.6 is 11.3 Å². The maximum atomic E-state index is 11.0. The summed E-state index contributed by atoms with van der Waals surface area (Å²) < 4.78 is 0. The molecule has 0 aliphatic carbocycles. The number of carboxylic acid groups (broad SMARTS) is 1. The zero-order valence-electron chi connectivity index (χ0n) is 10.7. The van der Waals surface area contributed by atoms with Gasteiger partial charge in [-0.2, -0.15) is 0 Å². The van der Waals surface area contributed by atoms with Gasteiger partial charge in [-0.05, 0) is 6.42 Å². The van der Waals surface area contributed by atoms with E-state index in [9.17, 15) is 4.79 Å². The van der Waals surface area contributed by atoms with E-state index >= 15 is 0 Å². The van der Waals surface area contributed by atoms with Gasteiger partial charge in [0.15, 0.2) is 0 Å². The Kier molecular flexibility index (Phi) is 3.70. The first-order valence-corrected chi connectivity index (χ1v) is 6.97. The molecule has 1 aliphatic heterocycles. The van der Waals surface area contributed by atoms with E-state index < -0.39 is 11.5 Å². The molecule has 1 aromatic rings. The smallest absolute Gasteiger partial charge is 0.325 e. The van der Waals surface area contributed by atoms with Gasteiger partial charge in [0.2, 0.25) is 0 Å². The van der Waals surface area contributed by atoms with Gasteiger partial charge in [0.1, 0.15) is 5.54 Å². The standard InChI is InChI=1S/C12H19N3O2S/c1-8(2)10-14-9(6-18-10)5-15-4-3-12(13,7-15)11(16)17/h6,8H,3-5,7,13H2,1-2H3,(H,16,17). The summed E-state index contributed by atoms with van der Waals surface area (Å²) in [6.45, 7) is 6.05. The van der Waals surface area contributed by atoms with Gasteiger partial charge in [0, 0.05) is 30.9 Å². The highest BCUT2D eigenvalue weighted by molar-refractivity contribution is 7.09. The van der Waals surface area contributed by atoms with Crippen molar-refractivity contribution in [3.63, 3.8) is 0 Å². The lowest BCUT2D eigenvalue weighted by molar-refractivity contribution is -0.142. The van der Waals surface area contributed by atoms with Gasteiger partial charge in [-0.15, -0.1) is 11.3 Å². The van der Waals surface area contributed by atoms with E-state index in [1.165, 1.54) is 0 Å². The van der Waals surface area contributed by atoms with Crippen molar-refractivity contribution in [3.8, 4) is 0 Å². The van der Waals surface area contributed by atoms with Crippen LogP contribution < -0.4 is 5.73 Å². The van der Waals surface area contributed by atoms with Crippen molar-refractivity contribution in [1.29, 1.82) is 0 Å². The van der Waals surface area contributed by atoms with E-state index in [1.54, 1.807) is 11.3 Å². The molecule has 2 heterocycles. The summed E-state index contributed by atoms with van der Waals surface area (Å²) in [5, 5.41) is 12.2. The Bertz CT molecular complexity index is 446. The SMILES string of the molecule is CC(C)c1nc(CN2CCC(N)(C(=O)O)C2)cs1. The first kappa shape index (κ1) is 13.5. The lowest BCUT2D eigenvalue weighted by Crippen LogP contribution is -2.50. The zero-order chi connectivity index (χ0) is 13.3. The van der Waals surface area contributed by atoms with E-state index in [2.05, 4.69) is 23.7 Å². The van der Waals surface area contributed by atoms with E-state index in [-0.39, 0.29) is 0 Å². The molecule has 6 heteroatoms. The Morgan fingerprint density at radius 2 is 2.44 bits per heavy atom. The number of carboxylic acids is 1. The summed E-state index contributed by atoms with van der Waals surface area (Å²) in [6, 6.07) is 0. The third-order valence-corrected chi connectivity index (χ3v) is 4.45. The monoisotopic (exact) mass is 269 g/mol. The predicted molar refractivity (Wildman–Crippen MR) is 70.7 cm³/mol. The summed E-state index contributed by atoms with van der Waals surface area (Å²) in [5.41, 5.74) is 5.77. The molecule has 1 unspecified atom stereocenters.